The SMILES string of the molecule is Cc1ncsc1C(=O)N1N=C(c2ccc(Cl)cc2)CC1c1ccco1. The molecule has 3 heterocycles. The number of hydrazone groups is 1. The van der Waals surface area contributed by atoms with Gasteiger partial charge < -0.3 is 4.42 Å². The van der Waals surface area contributed by atoms with Crippen LogP contribution >= 0.6 is 22.9 Å². The molecule has 1 unspecified atom stereocenters. The van der Waals surface area contributed by atoms with Crippen molar-refractivity contribution < 1.29 is 9.21 Å². The number of carbonyl (C=O) groups excluding carboxylic acids is 1. The summed E-state index contributed by atoms with van der Waals surface area (Å²) in [5.41, 5.74) is 4.15. The van der Waals surface area contributed by atoms with Gasteiger partial charge in [0.15, 0.2) is 0 Å². The maximum absolute atomic E-state index is 13.0. The lowest BCUT2D eigenvalue weighted by atomic mass is 10.0. The van der Waals surface area contributed by atoms with Crippen LogP contribution in [-0.2, 0) is 0 Å². The van der Waals surface area contributed by atoms with E-state index < -0.39 is 0 Å². The maximum atomic E-state index is 13.0. The number of hydrogen-bond acceptors (Lipinski definition) is 5. The third kappa shape index (κ3) is 2.99. The van der Waals surface area contributed by atoms with Crippen molar-refractivity contribution in [2.75, 3.05) is 0 Å². The summed E-state index contributed by atoms with van der Waals surface area (Å²) in [5.74, 6) is 0.550. The first-order chi connectivity index (χ1) is 12.1. The Kier molecular flexibility index (Phi) is 4.15. The number of furan rings is 1. The monoisotopic (exact) mass is 371 g/mol. The normalized spacial score (nSPS) is 17.0. The van der Waals surface area contributed by atoms with Crippen LogP contribution in [0.25, 0.3) is 0 Å². The number of benzene rings is 1. The molecule has 1 aliphatic rings. The van der Waals surface area contributed by atoms with Gasteiger partial charge in [0.1, 0.15) is 16.7 Å². The van der Waals surface area contributed by atoms with Crippen LogP contribution in [0.1, 0.15) is 39.2 Å². The molecule has 0 fully saturated rings. The molecule has 1 amide bonds. The number of carbonyl (C=O) groups is 1. The van der Waals surface area contributed by atoms with Crippen LogP contribution in [0.15, 0.2) is 57.7 Å². The van der Waals surface area contributed by atoms with E-state index in [0.717, 1.165) is 11.3 Å². The zero-order valence-corrected chi connectivity index (χ0v) is 14.9. The summed E-state index contributed by atoms with van der Waals surface area (Å²) in [6.07, 6.45) is 2.19. The molecule has 3 aromatic rings. The fraction of sp³-hybridized carbons (Fsp3) is 0.167. The predicted molar refractivity (Wildman–Crippen MR) is 97.1 cm³/mol. The summed E-state index contributed by atoms with van der Waals surface area (Å²) >= 11 is 7.29. The van der Waals surface area contributed by atoms with E-state index in [1.807, 2.05) is 43.3 Å². The lowest BCUT2D eigenvalue weighted by molar-refractivity contribution is 0.0697. The number of hydrogen-bond donors (Lipinski definition) is 0. The minimum atomic E-state index is -0.269. The van der Waals surface area contributed by atoms with Gasteiger partial charge in [-0.15, -0.1) is 11.3 Å². The Morgan fingerprint density at radius 3 is 2.76 bits per heavy atom. The third-order valence-corrected chi connectivity index (χ3v) is 5.28. The number of rotatable bonds is 3. The van der Waals surface area contributed by atoms with Gasteiger partial charge in [-0.3, -0.25) is 4.79 Å². The average molecular weight is 372 g/mol. The zero-order valence-electron chi connectivity index (χ0n) is 13.3. The van der Waals surface area contributed by atoms with Gasteiger partial charge in [-0.2, -0.15) is 5.10 Å². The molecule has 0 radical (unpaired) electrons. The Balaban J connectivity index is 1.72. The van der Waals surface area contributed by atoms with Gasteiger partial charge in [0.25, 0.3) is 5.91 Å². The van der Waals surface area contributed by atoms with Crippen molar-refractivity contribution in [3.8, 4) is 0 Å². The molecule has 4 rings (SSSR count). The highest BCUT2D eigenvalue weighted by Crippen LogP contribution is 2.35. The number of aromatic nitrogens is 1. The molecule has 0 spiro atoms. The molecule has 5 nitrogen and oxygen atoms in total. The van der Waals surface area contributed by atoms with Gasteiger partial charge in [0.2, 0.25) is 0 Å². The summed E-state index contributed by atoms with van der Waals surface area (Å²) in [6, 6.07) is 10.9. The number of thiazole rings is 1. The molecule has 0 saturated carbocycles. The highest BCUT2D eigenvalue weighted by Gasteiger charge is 2.36. The smallest absolute Gasteiger partial charge is 0.286 e. The second kappa shape index (κ2) is 6.46. The Labute approximate surface area is 153 Å². The molecule has 126 valence electrons. The van der Waals surface area contributed by atoms with Crippen LogP contribution < -0.4 is 0 Å². The molecular formula is C18H14ClN3O2S. The summed E-state index contributed by atoms with van der Waals surface area (Å²) in [7, 11) is 0. The Bertz CT molecular complexity index is 932. The zero-order chi connectivity index (χ0) is 17.4. The van der Waals surface area contributed by atoms with E-state index >= 15 is 0 Å². The molecule has 0 N–H and O–H groups in total. The average Bonchev–Trinajstić information content (AvgIpc) is 3.35. The number of nitrogens with zero attached hydrogens (tertiary/aromatic N) is 3. The molecule has 0 bridgehead atoms. The second-order valence-electron chi connectivity index (χ2n) is 5.71. The van der Waals surface area contributed by atoms with Crippen LogP contribution in [0.4, 0.5) is 0 Å². The quantitative estimate of drug-likeness (QED) is 0.671. The Hall–Kier alpha value is -2.44. The van der Waals surface area contributed by atoms with Crippen LogP contribution in [0.5, 0.6) is 0 Å². The first kappa shape index (κ1) is 16.1. The number of aryl methyl sites for hydroxylation is 1. The summed E-state index contributed by atoms with van der Waals surface area (Å²) in [4.78, 5) is 17.8. The van der Waals surface area contributed by atoms with E-state index in [2.05, 4.69) is 10.1 Å². The summed E-state index contributed by atoms with van der Waals surface area (Å²) < 4.78 is 5.55. The van der Waals surface area contributed by atoms with Gasteiger partial charge in [0, 0.05) is 11.4 Å². The second-order valence-corrected chi connectivity index (χ2v) is 7.00. The van der Waals surface area contributed by atoms with Crippen LogP contribution in [0.2, 0.25) is 5.02 Å². The minimum Gasteiger partial charge on any atom is -0.467 e. The summed E-state index contributed by atoms with van der Waals surface area (Å²) in [5, 5.41) is 6.77. The number of halogens is 1. The van der Waals surface area contributed by atoms with Crippen molar-refractivity contribution in [3.05, 3.63) is 75.1 Å². The molecule has 7 heteroatoms. The number of amides is 1. The first-order valence-corrected chi connectivity index (χ1v) is 8.99. The van der Waals surface area contributed by atoms with Gasteiger partial charge in [-0.25, -0.2) is 9.99 Å². The third-order valence-electron chi connectivity index (χ3n) is 4.11. The van der Waals surface area contributed by atoms with Crippen LogP contribution in [-0.4, -0.2) is 21.6 Å². The molecule has 1 aromatic carbocycles. The van der Waals surface area contributed by atoms with Gasteiger partial charge in [0.05, 0.1) is 23.2 Å². The molecular weight excluding hydrogens is 358 g/mol. The van der Waals surface area contributed by atoms with E-state index in [4.69, 9.17) is 16.0 Å². The Morgan fingerprint density at radius 2 is 2.12 bits per heavy atom. The first-order valence-electron chi connectivity index (χ1n) is 7.74. The standard InChI is InChI=1S/C18H14ClN3O2S/c1-11-17(25-10-20-11)18(23)22-15(16-3-2-8-24-16)9-14(21-22)12-4-6-13(19)7-5-12/h2-8,10,15H,9H2,1H3. The fourth-order valence-electron chi connectivity index (χ4n) is 2.83. The van der Waals surface area contributed by atoms with Gasteiger partial charge >= 0.3 is 0 Å². The molecule has 1 aliphatic heterocycles. The molecule has 2 aromatic heterocycles. The molecule has 1 atom stereocenters. The highest BCUT2D eigenvalue weighted by atomic mass is 35.5. The van der Waals surface area contributed by atoms with Gasteiger partial charge in [-0.1, -0.05) is 23.7 Å². The fourth-order valence-corrected chi connectivity index (χ4v) is 3.69. The lowest BCUT2D eigenvalue weighted by Gasteiger charge is -2.19. The van der Waals surface area contributed by atoms with Gasteiger partial charge in [-0.05, 0) is 36.8 Å². The highest BCUT2D eigenvalue weighted by molar-refractivity contribution is 7.11. The molecule has 0 aliphatic carbocycles. The van der Waals surface area contributed by atoms with E-state index in [0.29, 0.717) is 27.8 Å². The van der Waals surface area contributed by atoms with E-state index in [-0.39, 0.29) is 11.9 Å². The van der Waals surface area contributed by atoms with E-state index in [1.54, 1.807) is 11.8 Å². The largest absolute Gasteiger partial charge is 0.467 e. The van der Waals surface area contributed by atoms with Crippen LogP contribution in [0.3, 0.4) is 0 Å². The maximum Gasteiger partial charge on any atom is 0.286 e. The molecule has 25 heavy (non-hydrogen) atoms. The van der Waals surface area contributed by atoms with Crippen LogP contribution in [0, 0.1) is 6.92 Å². The van der Waals surface area contributed by atoms with E-state index in [1.165, 1.54) is 16.3 Å². The topological polar surface area (TPSA) is 58.7 Å². The Morgan fingerprint density at radius 1 is 1.32 bits per heavy atom. The minimum absolute atomic E-state index is 0.162. The summed E-state index contributed by atoms with van der Waals surface area (Å²) in [6.45, 7) is 1.82. The lowest BCUT2D eigenvalue weighted by Crippen LogP contribution is -2.26. The van der Waals surface area contributed by atoms with Crippen molar-refractivity contribution in [3.63, 3.8) is 0 Å². The van der Waals surface area contributed by atoms with E-state index in [9.17, 15) is 4.79 Å². The van der Waals surface area contributed by atoms with Crippen molar-refractivity contribution in [2.24, 2.45) is 5.10 Å². The van der Waals surface area contributed by atoms with Crippen molar-refractivity contribution >= 4 is 34.6 Å². The van der Waals surface area contributed by atoms with Crippen molar-refractivity contribution in [1.29, 1.82) is 0 Å². The van der Waals surface area contributed by atoms with Crippen molar-refractivity contribution in [2.45, 2.75) is 19.4 Å². The predicted octanol–water partition coefficient (Wildman–Crippen LogP) is 4.69. The molecule has 0 saturated heterocycles. The van der Waals surface area contributed by atoms with Crippen molar-refractivity contribution in [1.82, 2.24) is 9.99 Å².